The number of rotatable bonds is 6. The van der Waals surface area contributed by atoms with Gasteiger partial charge in [-0.1, -0.05) is 11.6 Å². The fourth-order valence-electron chi connectivity index (χ4n) is 2.00. The van der Waals surface area contributed by atoms with Crippen molar-refractivity contribution in [2.24, 2.45) is 5.92 Å². The molecule has 1 fully saturated rings. The van der Waals surface area contributed by atoms with Crippen molar-refractivity contribution in [3.05, 3.63) is 38.9 Å². The molecule has 1 saturated carbocycles. The second-order valence-corrected chi connectivity index (χ2v) is 5.60. The zero-order valence-corrected chi connectivity index (χ0v) is 12.6. The average Bonchev–Trinajstić information content (AvgIpc) is 3.29. The molecule has 1 aromatic carbocycles. The number of amides is 1. The molecule has 1 atom stereocenters. The highest BCUT2D eigenvalue weighted by Gasteiger charge is 2.29. The van der Waals surface area contributed by atoms with Crippen molar-refractivity contribution in [2.75, 3.05) is 6.61 Å². The molecule has 7 nitrogen and oxygen atoms in total. The molecule has 0 spiro atoms. The Morgan fingerprint density at radius 2 is 2.18 bits per heavy atom. The highest BCUT2D eigenvalue weighted by molar-refractivity contribution is 6.33. The summed E-state index contributed by atoms with van der Waals surface area (Å²) in [5, 5.41) is 13.5. The molecule has 0 radical (unpaired) electrons. The maximum Gasteiger partial charge on any atom is 0.340 e. The summed E-state index contributed by atoms with van der Waals surface area (Å²) in [6.07, 6.45) is 2.18. The zero-order chi connectivity index (χ0) is 16.3. The number of hydrogen-bond acceptors (Lipinski definition) is 5. The van der Waals surface area contributed by atoms with Gasteiger partial charge in [0.05, 0.1) is 15.5 Å². The monoisotopic (exact) mass is 326 g/mol. The normalized spacial score (nSPS) is 15.0. The minimum atomic E-state index is -0.872. The number of hydrogen-bond donors (Lipinski definition) is 1. The Bertz CT molecular complexity index is 615. The highest BCUT2D eigenvalue weighted by Crippen LogP contribution is 2.32. The maximum atomic E-state index is 11.9. The summed E-state index contributed by atoms with van der Waals surface area (Å²) in [5.41, 5.74) is -0.415. The number of nitrogens with zero attached hydrogens (tertiary/aromatic N) is 1. The molecular weight excluding hydrogens is 312 g/mol. The van der Waals surface area contributed by atoms with E-state index in [4.69, 9.17) is 16.3 Å². The molecule has 0 unspecified atom stereocenters. The first kappa shape index (κ1) is 16.2. The molecular formula is C14H15ClN2O5. The standard InChI is InChI=1S/C14H15ClN2O5/c1-8(9-2-3-9)16-13(18)7-22-14(19)11-6-10(17(20)21)4-5-12(11)15/h4-6,8-9H,2-3,7H2,1H3,(H,16,18)/t8-/m0/s1. The van der Waals surface area contributed by atoms with Crippen molar-refractivity contribution in [3.8, 4) is 0 Å². The molecule has 2 rings (SSSR count). The summed E-state index contributed by atoms with van der Waals surface area (Å²) < 4.78 is 4.85. The maximum absolute atomic E-state index is 11.9. The molecule has 8 heteroatoms. The second kappa shape index (κ2) is 6.74. The summed E-state index contributed by atoms with van der Waals surface area (Å²) in [4.78, 5) is 33.6. The van der Waals surface area contributed by atoms with Gasteiger partial charge in [0, 0.05) is 18.2 Å². The van der Waals surface area contributed by atoms with Crippen LogP contribution in [0.3, 0.4) is 0 Å². The largest absolute Gasteiger partial charge is 0.452 e. The van der Waals surface area contributed by atoms with Crippen LogP contribution in [0.1, 0.15) is 30.1 Å². The zero-order valence-electron chi connectivity index (χ0n) is 11.9. The predicted octanol–water partition coefficient (Wildman–Crippen LogP) is 2.32. The predicted molar refractivity (Wildman–Crippen MR) is 78.7 cm³/mol. The van der Waals surface area contributed by atoms with E-state index < -0.39 is 23.4 Å². The molecule has 0 heterocycles. The van der Waals surface area contributed by atoms with E-state index in [1.165, 1.54) is 12.1 Å². The van der Waals surface area contributed by atoms with Crippen molar-refractivity contribution in [1.29, 1.82) is 0 Å². The van der Waals surface area contributed by atoms with Crippen LogP contribution in [0.25, 0.3) is 0 Å². The number of nitro groups is 1. The minimum absolute atomic E-state index is 0.0300. The fraction of sp³-hybridized carbons (Fsp3) is 0.429. The van der Waals surface area contributed by atoms with Gasteiger partial charge in [-0.25, -0.2) is 4.79 Å². The van der Waals surface area contributed by atoms with Gasteiger partial charge in [-0.2, -0.15) is 0 Å². The lowest BCUT2D eigenvalue weighted by Crippen LogP contribution is -2.37. The first-order valence-corrected chi connectivity index (χ1v) is 7.16. The SMILES string of the molecule is C[C@H](NC(=O)COC(=O)c1cc([N+](=O)[O-])ccc1Cl)C1CC1. The smallest absolute Gasteiger partial charge is 0.340 e. The molecule has 0 bridgehead atoms. The fourth-order valence-corrected chi connectivity index (χ4v) is 2.20. The van der Waals surface area contributed by atoms with Crippen LogP contribution < -0.4 is 5.32 Å². The Kier molecular flexibility index (Phi) is 4.97. The van der Waals surface area contributed by atoms with Gasteiger partial charge in [-0.15, -0.1) is 0 Å². The van der Waals surface area contributed by atoms with Gasteiger partial charge in [0.2, 0.25) is 0 Å². The molecule has 0 aromatic heterocycles. The van der Waals surface area contributed by atoms with E-state index in [1.54, 1.807) is 0 Å². The first-order chi connectivity index (χ1) is 10.4. The highest BCUT2D eigenvalue weighted by atomic mass is 35.5. The third kappa shape index (κ3) is 4.17. The van der Waals surface area contributed by atoms with Gasteiger partial charge in [0.15, 0.2) is 6.61 Å². The number of carbonyl (C=O) groups is 2. The minimum Gasteiger partial charge on any atom is -0.452 e. The molecule has 118 valence electrons. The number of nitrogens with one attached hydrogen (secondary N) is 1. The van der Waals surface area contributed by atoms with Crippen LogP contribution in [0, 0.1) is 16.0 Å². The van der Waals surface area contributed by atoms with Crippen molar-refractivity contribution < 1.29 is 19.2 Å². The van der Waals surface area contributed by atoms with Crippen molar-refractivity contribution >= 4 is 29.2 Å². The van der Waals surface area contributed by atoms with Gasteiger partial charge in [-0.05, 0) is 31.7 Å². The van der Waals surface area contributed by atoms with Gasteiger partial charge < -0.3 is 10.1 Å². The summed E-state index contributed by atoms with van der Waals surface area (Å²) in [5.74, 6) is -0.789. The summed E-state index contributed by atoms with van der Waals surface area (Å²) >= 11 is 5.82. The van der Waals surface area contributed by atoms with Crippen LogP contribution in [0.15, 0.2) is 18.2 Å². The Hall–Kier alpha value is -2.15. The third-order valence-electron chi connectivity index (χ3n) is 3.43. The molecule has 1 aliphatic carbocycles. The molecule has 1 aromatic rings. The van der Waals surface area contributed by atoms with Crippen LogP contribution in [0.5, 0.6) is 0 Å². The Balaban J connectivity index is 1.92. The Morgan fingerprint density at radius 3 is 2.77 bits per heavy atom. The Labute approximate surface area is 131 Å². The summed E-state index contributed by atoms with van der Waals surface area (Å²) in [6, 6.07) is 3.50. The van der Waals surface area contributed by atoms with E-state index >= 15 is 0 Å². The number of halogens is 1. The summed E-state index contributed by atoms with van der Waals surface area (Å²) in [7, 11) is 0. The van der Waals surface area contributed by atoms with Gasteiger partial charge in [0.1, 0.15) is 0 Å². The summed E-state index contributed by atoms with van der Waals surface area (Å²) in [6.45, 7) is 1.45. The average molecular weight is 327 g/mol. The molecule has 1 aliphatic rings. The number of ether oxygens (including phenoxy) is 1. The van der Waals surface area contributed by atoms with Crippen LogP contribution in [-0.2, 0) is 9.53 Å². The lowest BCUT2D eigenvalue weighted by molar-refractivity contribution is -0.384. The quantitative estimate of drug-likeness (QED) is 0.491. The topological polar surface area (TPSA) is 98.5 Å². The van der Waals surface area contributed by atoms with E-state index in [2.05, 4.69) is 5.32 Å². The number of carbonyl (C=O) groups excluding carboxylic acids is 2. The molecule has 1 N–H and O–H groups in total. The van der Waals surface area contributed by atoms with E-state index in [1.807, 2.05) is 6.92 Å². The van der Waals surface area contributed by atoms with Crippen molar-refractivity contribution in [2.45, 2.75) is 25.8 Å². The second-order valence-electron chi connectivity index (χ2n) is 5.19. The van der Waals surface area contributed by atoms with Gasteiger partial charge in [-0.3, -0.25) is 14.9 Å². The van der Waals surface area contributed by atoms with Crippen LogP contribution in [-0.4, -0.2) is 29.4 Å². The van der Waals surface area contributed by atoms with E-state index in [9.17, 15) is 19.7 Å². The number of benzene rings is 1. The van der Waals surface area contributed by atoms with Crippen LogP contribution >= 0.6 is 11.6 Å². The molecule has 0 aliphatic heterocycles. The Morgan fingerprint density at radius 1 is 1.50 bits per heavy atom. The van der Waals surface area contributed by atoms with Crippen molar-refractivity contribution in [3.63, 3.8) is 0 Å². The van der Waals surface area contributed by atoms with Gasteiger partial charge in [0.25, 0.3) is 11.6 Å². The molecule has 0 saturated heterocycles. The number of esters is 1. The van der Waals surface area contributed by atoms with Crippen LogP contribution in [0.2, 0.25) is 5.02 Å². The van der Waals surface area contributed by atoms with Crippen LogP contribution in [0.4, 0.5) is 5.69 Å². The first-order valence-electron chi connectivity index (χ1n) is 6.79. The molecule has 1 amide bonds. The van der Waals surface area contributed by atoms with E-state index in [0.29, 0.717) is 5.92 Å². The van der Waals surface area contributed by atoms with E-state index in [-0.39, 0.29) is 22.3 Å². The van der Waals surface area contributed by atoms with Gasteiger partial charge >= 0.3 is 5.97 Å². The lowest BCUT2D eigenvalue weighted by Gasteiger charge is -2.12. The number of non-ortho nitro benzene ring substituents is 1. The van der Waals surface area contributed by atoms with Crippen molar-refractivity contribution in [1.82, 2.24) is 5.32 Å². The van der Waals surface area contributed by atoms with E-state index in [0.717, 1.165) is 18.9 Å². The lowest BCUT2D eigenvalue weighted by atomic mass is 10.2. The molecule has 22 heavy (non-hydrogen) atoms. The number of nitro benzene ring substituents is 1. The third-order valence-corrected chi connectivity index (χ3v) is 3.76.